The number of hydrogen-bond donors (Lipinski definition) is 1. The van der Waals surface area contributed by atoms with E-state index in [1.165, 1.54) is 4.31 Å². The third kappa shape index (κ3) is 3.32. The summed E-state index contributed by atoms with van der Waals surface area (Å²) < 4.78 is 29.8. The maximum atomic E-state index is 13.5. The Balaban J connectivity index is 1.74. The van der Waals surface area contributed by atoms with Gasteiger partial charge in [-0.05, 0) is 31.0 Å². The molecule has 2 amide bonds. The van der Waals surface area contributed by atoms with Crippen molar-refractivity contribution < 1.29 is 18.0 Å². The van der Waals surface area contributed by atoms with Gasteiger partial charge in [0.25, 0.3) is 0 Å². The Bertz CT molecular complexity index is 1110. The summed E-state index contributed by atoms with van der Waals surface area (Å²) in [6, 6.07) is 5.02. The summed E-state index contributed by atoms with van der Waals surface area (Å²) in [5.41, 5.74) is 7.87. The van der Waals surface area contributed by atoms with Gasteiger partial charge < -0.3 is 10.6 Å². The minimum Gasteiger partial charge on any atom is -0.369 e. The van der Waals surface area contributed by atoms with E-state index in [4.69, 9.17) is 5.73 Å². The van der Waals surface area contributed by atoms with Crippen LogP contribution >= 0.6 is 0 Å². The van der Waals surface area contributed by atoms with Gasteiger partial charge >= 0.3 is 0 Å². The van der Waals surface area contributed by atoms with E-state index < -0.39 is 21.8 Å². The number of sulfonamides is 1. The highest BCUT2D eigenvalue weighted by Crippen LogP contribution is 2.33. The Morgan fingerprint density at radius 3 is 2.72 bits per heavy atom. The fraction of sp³-hybridized carbons (Fsp3) is 0.421. The van der Waals surface area contributed by atoms with Gasteiger partial charge in [0.05, 0.1) is 16.5 Å². The highest BCUT2D eigenvalue weighted by molar-refractivity contribution is 7.89. The molecule has 9 nitrogen and oxygen atoms in total. The first kappa shape index (κ1) is 19.6. The van der Waals surface area contributed by atoms with E-state index in [1.54, 1.807) is 47.9 Å². The number of anilines is 1. The predicted molar refractivity (Wildman–Crippen MR) is 106 cm³/mol. The third-order valence-electron chi connectivity index (χ3n) is 5.52. The molecule has 2 N–H and O–H groups in total. The van der Waals surface area contributed by atoms with Crippen LogP contribution in [0.5, 0.6) is 0 Å². The van der Waals surface area contributed by atoms with Crippen LogP contribution in [0.15, 0.2) is 29.3 Å². The zero-order valence-electron chi connectivity index (χ0n) is 16.3. The van der Waals surface area contributed by atoms with Crippen molar-refractivity contribution in [2.75, 3.05) is 18.0 Å². The van der Waals surface area contributed by atoms with Crippen LogP contribution in [0.3, 0.4) is 0 Å². The molecule has 0 saturated carbocycles. The summed E-state index contributed by atoms with van der Waals surface area (Å²) in [6.45, 7) is 2.34. The summed E-state index contributed by atoms with van der Waals surface area (Å²) >= 11 is 0. The highest BCUT2D eigenvalue weighted by atomic mass is 32.2. The molecule has 2 aliphatic rings. The number of carbonyl (C=O) groups is 2. The molecule has 2 aromatic rings. The largest absolute Gasteiger partial charge is 0.369 e. The summed E-state index contributed by atoms with van der Waals surface area (Å²) in [6.07, 6.45) is 2.93. The molecule has 154 valence electrons. The summed E-state index contributed by atoms with van der Waals surface area (Å²) in [7, 11) is -2.19. The van der Waals surface area contributed by atoms with E-state index >= 15 is 0 Å². The lowest BCUT2D eigenvalue weighted by molar-refractivity contribution is -0.120. The first-order valence-corrected chi connectivity index (χ1v) is 10.9. The Hall–Kier alpha value is -2.72. The number of aromatic nitrogens is 2. The molecule has 10 heteroatoms. The number of hydrogen-bond acceptors (Lipinski definition) is 5. The van der Waals surface area contributed by atoms with E-state index in [0.717, 1.165) is 6.42 Å². The molecule has 0 radical (unpaired) electrons. The lowest BCUT2D eigenvalue weighted by Crippen LogP contribution is -2.42. The second kappa shape index (κ2) is 6.96. The monoisotopic (exact) mass is 417 g/mol. The molecule has 1 aromatic carbocycles. The molecular formula is C19H23N5O4S. The van der Waals surface area contributed by atoms with Gasteiger partial charge in [0.1, 0.15) is 0 Å². The van der Waals surface area contributed by atoms with Gasteiger partial charge in [0, 0.05) is 50.6 Å². The lowest BCUT2D eigenvalue weighted by Gasteiger charge is -2.30. The number of benzene rings is 1. The first-order chi connectivity index (χ1) is 13.7. The van der Waals surface area contributed by atoms with Gasteiger partial charge in [0.2, 0.25) is 21.8 Å². The maximum absolute atomic E-state index is 13.5. The molecule has 0 aliphatic carbocycles. The van der Waals surface area contributed by atoms with Crippen LogP contribution in [0.2, 0.25) is 0 Å². The topological polar surface area (TPSA) is 119 Å². The van der Waals surface area contributed by atoms with Crippen LogP contribution in [0.1, 0.15) is 35.6 Å². The van der Waals surface area contributed by atoms with E-state index in [9.17, 15) is 18.0 Å². The molecule has 0 bridgehead atoms. The molecule has 1 fully saturated rings. The standard InChI is InChI=1S/C19H23N5O4S/c1-12-5-6-14(24-7-3-4-17(24)25)8-16(12)29(27,28)23-10-13-9-22(2)21-18(13)15(11-23)19(20)26/h5-6,8-9,15H,3-4,7,10-11H2,1-2H3,(H2,20,26). The molecule has 2 aliphatic heterocycles. The van der Waals surface area contributed by atoms with Crippen molar-refractivity contribution in [2.45, 2.75) is 37.1 Å². The van der Waals surface area contributed by atoms with E-state index in [0.29, 0.717) is 35.5 Å². The van der Waals surface area contributed by atoms with Crippen molar-refractivity contribution in [2.24, 2.45) is 12.8 Å². The number of nitrogens with zero attached hydrogens (tertiary/aromatic N) is 4. The minimum absolute atomic E-state index is 0.0102. The number of carbonyl (C=O) groups excluding carboxylic acids is 2. The van der Waals surface area contributed by atoms with Gasteiger partial charge in [-0.2, -0.15) is 9.40 Å². The van der Waals surface area contributed by atoms with Crippen molar-refractivity contribution in [1.82, 2.24) is 14.1 Å². The molecular weight excluding hydrogens is 394 g/mol. The Morgan fingerprint density at radius 2 is 2.07 bits per heavy atom. The number of fused-ring (bicyclic) bond motifs is 1. The first-order valence-electron chi connectivity index (χ1n) is 9.41. The van der Waals surface area contributed by atoms with Crippen LogP contribution in [0, 0.1) is 6.92 Å². The molecule has 3 heterocycles. The quantitative estimate of drug-likeness (QED) is 0.783. The van der Waals surface area contributed by atoms with Crippen LogP contribution in [-0.2, 0) is 33.2 Å². The SMILES string of the molecule is Cc1ccc(N2CCCC2=O)cc1S(=O)(=O)N1Cc2cn(C)nc2C(C(N)=O)C1. The number of rotatable bonds is 4. The second-order valence-corrected chi connectivity index (χ2v) is 9.47. The molecule has 1 atom stereocenters. The lowest BCUT2D eigenvalue weighted by atomic mass is 9.98. The molecule has 1 unspecified atom stereocenters. The van der Waals surface area contributed by atoms with Gasteiger partial charge in [-0.15, -0.1) is 0 Å². The van der Waals surface area contributed by atoms with Crippen molar-refractivity contribution in [1.29, 1.82) is 0 Å². The van der Waals surface area contributed by atoms with Gasteiger partial charge in [-0.1, -0.05) is 6.07 Å². The number of nitrogens with two attached hydrogens (primary N) is 1. The van der Waals surface area contributed by atoms with E-state index in [2.05, 4.69) is 5.10 Å². The molecule has 1 saturated heterocycles. The summed E-state index contributed by atoms with van der Waals surface area (Å²) in [5, 5.41) is 4.29. The highest BCUT2D eigenvalue weighted by Gasteiger charge is 2.38. The fourth-order valence-electron chi connectivity index (χ4n) is 4.02. The van der Waals surface area contributed by atoms with Crippen LogP contribution in [0.4, 0.5) is 5.69 Å². The zero-order chi connectivity index (χ0) is 20.9. The fourth-order valence-corrected chi connectivity index (χ4v) is 5.69. The number of amides is 2. The minimum atomic E-state index is -3.91. The average Bonchev–Trinajstić information content (AvgIpc) is 3.25. The molecule has 29 heavy (non-hydrogen) atoms. The molecule has 1 aromatic heterocycles. The van der Waals surface area contributed by atoms with E-state index in [1.807, 2.05) is 0 Å². The maximum Gasteiger partial charge on any atom is 0.243 e. The normalized spacial score (nSPS) is 20.1. The Labute approximate surface area is 169 Å². The molecule has 4 rings (SSSR count). The Kier molecular flexibility index (Phi) is 4.70. The predicted octanol–water partition coefficient (Wildman–Crippen LogP) is 0.629. The van der Waals surface area contributed by atoms with Crippen molar-refractivity contribution >= 4 is 27.5 Å². The number of primary amides is 1. The zero-order valence-corrected chi connectivity index (χ0v) is 17.1. The van der Waals surface area contributed by atoms with Crippen LogP contribution < -0.4 is 10.6 Å². The van der Waals surface area contributed by atoms with Crippen LogP contribution in [0.25, 0.3) is 0 Å². The van der Waals surface area contributed by atoms with Crippen molar-refractivity contribution in [3.63, 3.8) is 0 Å². The number of aryl methyl sites for hydroxylation is 2. The van der Waals surface area contributed by atoms with Gasteiger partial charge in [0.15, 0.2) is 0 Å². The van der Waals surface area contributed by atoms with Crippen molar-refractivity contribution in [3.8, 4) is 0 Å². The molecule has 0 spiro atoms. The summed E-state index contributed by atoms with van der Waals surface area (Å²) in [5.74, 6) is -1.43. The summed E-state index contributed by atoms with van der Waals surface area (Å²) in [4.78, 5) is 25.8. The van der Waals surface area contributed by atoms with Crippen molar-refractivity contribution in [3.05, 3.63) is 41.2 Å². The average molecular weight is 417 g/mol. The second-order valence-electron chi connectivity index (χ2n) is 7.56. The van der Waals surface area contributed by atoms with Gasteiger partial charge in [-0.3, -0.25) is 14.3 Å². The van der Waals surface area contributed by atoms with Gasteiger partial charge in [-0.25, -0.2) is 8.42 Å². The third-order valence-corrected chi connectivity index (χ3v) is 7.47. The van der Waals surface area contributed by atoms with Crippen LogP contribution in [-0.4, -0.2) is 47.4 Å². The van der Waals surface area contributed by atoms with E-state index in [-0.39, 0.29) is 23.9 Å². The Morgan fingerprint density at radius 1 is 1.31 bits per heavy atom. The smallest absolute Gasteiger partial charge is 0.243 e.